The van der Waals surface area contributed by atoms with Crippen LogP contribution < -0.4 is 12.8 Å². The van der Waals surface area contributed by atoms with Crippen LogP contribution in [0.25, 0.3) is 0 Å². The second-order valence-corrected chi connectivity index (χ2v) is 3.20. The molecule has 0 aliphatic heterocycles. The summed E-state index contributed by atoms with van der Waals surface area (Å²) in [6.07, 6.45) is 0.637. The molecule has 0 aromatic carbocycles. The van der Waals surface area contributed by atoms with Crippen molar-refractivity contribution in [1.29, 1.82) is 0 Å². The minimum Gasteiger partial charge on any atom is -0.320 e. The van der Waals surface area contributed by atoms with Gasteiger partial charge < -0.3 is 5.73 Å². The van der Waals surface area contributed by atoms with E-state index in [0.717, 1.165) is 0 Å². The molecule has 1 unspecified atom stereocenters. The molecule has 0 saturated heterocycles. The Balaban J connectivity index is 3.63. The quantitative estimate of drug-likeness (QED) is 0.463. The SMILES string of the molecule is NC(CCC(=O)NI)C(=O)NI. The van der Waals surface area contributed by atoms with Crippen molar-refractivity contribution in [1.82, 2.24) is 7.06 Å². The van der Waals surface area contributed by atoms with E-state index in [0.29, 0.717) is 6.42 Å². The van der Waals surface area contributed by atoms with Crippen LogP contribution in [0.1, 0.15) is 12.8 Å². The zero-order valence-electron chi connectivity index (χ0n) is 6.14. The van der Waals surface area contributed by atoms with Gasteiger partial charge in [-0.05, 0) is 6.42 Å². The predicted octanol–water partition coefficient (Wildman–Crippen LogP) is 0.0263. The van der Waals surface area contributed by atoms with E-state index in [-0.39, 0.29) is 18.2 Å². The molecule has 0 saturated carbocycles. The fourth-order valence-corrected chi connectivity index (χ4v) is 1.20. The van der Waals surface area contributed by atoms with E-state index in [2.05, 4.69) is 7.06 Å². The molecule has 2 amide bonds. The highest BCUT2D eigenvalue weighted by atomic mass is 127. The van der Waals surface area contributed by atoms with Gasteiger partial charge in [-0.2, -0.15) is 0 Å². The molecule has 0 radical (unpaired) electrons. The number of rotatable bonds is 4. The Morgan fingerprint density at radius 1 is 1.33 bits per heavy atom. The van der Waals surface area contributed by atoms with Crippen LogP contribution in [0.4, 0.5) is 0 Å². The van der Waals surface area contributed by atoms with Gasteiger partial charge >= 0.3 is 0 Å². The van der Waals surface area contributed by atoms with Crippen molar-refractivity contribution in [2.45, 2.75) is 18.9 Å². The number of nitrogens with two attached hydrogens (primary N) is 1. The molecule has 0 aliphatic carbocycles. The highest BCUT2D eigenvalue weighted by molar-refractivity contribution is 14.1. The third-order valence-electron chi connectivity index (χ3n) is 1.22. The summed E-state index contributed by atoms with van der Waals surface area (Å²) in [6.45, 7) is 0. The van der Waals surface area contributed by atoms with Crippen LogP contribution in [0.5, 0.6) is 0 Å². The van der Waals surface area contributed by atoms with Gasteiger partial charge in [-0.15, -0.1) is 0 Å². The van der Waals surface area contributed by atoms with Gasteiger partial charge in [0.15, 0.2) is 0 Å². The second kappa shape index (κ2) is 6.83. The number of hydrogen-bond donors (Lipinski definition) is 3. The molecule has 5 nitrogen and oxygen atoms in total. The van der Waals surface area contributed by atoms with Crippen LogP contribution in [0.15, 0.2) is 0 Å². The molecule has 0 spiro atoms. The highest BCUT2D eigenvalue weighted by Gasteiger charge is 2.13. The number of carbonyl (C=O) groups excluding carboxylic acids is 2. The molecule has 12 heavy (non-hydrogen) atoms. The first kappa shape index (κ1) is 12.4. The second-order valence-electron chi connectivity index (χ2n) is 2.12. The van der Waals surface area contributed by atoms with Crippen LogP contribution in [-0.4, -0.2) is 17.9 Å². The van der Waals surface area contributed by atoms with Gasteiger partial charge in [0.05, 0.1) is 51.8 Å². The Morgan fingerprint density at radius 2 is 1.92 bits per heavy atom. The Morgan fingerprint density at radius 3 is 2.33 bits per heavy atom. The third kappa shape index (κ3) is 5.09. The highest BCUT2D eigenvalue weighted by Crippen LogP contribution is 1.96. The van der Waals surface area contributed by atoms with Crippen molar-refractivity contribution >= 4 is 57.5 Å². The van der Waals surface area contributed by atoms with Crippen LogP contribution >= 0.6 is 45.7 Å². The van der Waals surface area contributed by atoms with Crippen LogP contribution in [0.3, 0.4) is 0 Å². The molecule has 4 N–H and O–H groups in total. The Bertz CT molecular complexity index is 176. The van der Waals surface area contributed by atoms with Gasteiger partial charge in [0.2, 0.25) is 11.8 Å². The summed E-state index contributed by atoms with van der Waals surface area (Å²) in [6, 6.07) is -0.601. The van der Waals surface area contributed by atoms with Crippen molar-refractivity contribution < 1.29 is 9.59 Å². The molecule has 0 aliphatic rings. The average Bonchev–Trinajstić information content (AvgIpc) is 2.11. The zero-order chi connectivity index (χ0) is 9.56. The monoisotopic (exact) mass is 397 g/mol. The fourth-order valence-electron chi connectivity index (χ4n) is 0.535. The van der Waals surface area contributed by atoms with E-state index in [4.69, 9.17) is 5.73 Å². The van der Waals surface area contributed by atoms with Crippen LogP contribution in [-0.2, 0) is 9.59 Å². The lowest BCUT2D eigenvalue weighted by Crippen LogP contribution is -2.37. The Labute approximate surface area is 98.2 Å². The van der Waals surface area contributed by atoms with E-state index in [1.807, 2.05) is 0 Å². The summed E-state index contributed by atoms with van der Waals surface area (Å²) in [5.74, 6) is -0.371. The maximum atomic E-state index is 10.8. The number of hydrogen-bond acceptors (Lipinski definition) is 3. The average molecular weight is 397 g/mol. The predicted molar refractivity (Wildman–Crippen MR) is 61.5 cm³/mol. The maximum absolute atomic E-state index is 10.8. The molecule has 0 rings (SSSR count). The Kier molecular flexibility index (Phi) is 7.04. The molecule has 0 aromatic heterocycles. The molecule has 1 atom stereocenters. The van der Waals surface area contributed by atoms with Gasteiger partial charge in [0.1, 0.15) is 0 Å². The van der Waals surface area contributed by atoms with Gasteiger partial charge in [-0.25, -0.2) is 0 Å². The summed E-state index contributed by atoms with van der Waals surface area (Å²) in [5.41, 5.74) is 5.43. The lowest BCUT2D eigenvalue weighted by Gasteiger charge is -2.06. The minimum absolute atomic E-state index is 0.118. The summed E-state index contributed by atoms with van der Waals surface area (Å²) >= 11 is 3.46. The van der Waals surface area contributed by atoms with Crippen molar-refractivity contribution in [2.75, 3.05) is 0 Å². The van der Waals surface area contributed by atoms with Crippen LogP contribution in [0.2, 0.25) is 0 Å². The summed E-state index contributed by atoms with van der Waals surface area (Å²) in [7, 11) is 0. The van der Waals surface area contributed by atoms with Gasteiger partial charge in [0, 0.05) is 6.42 Å². The molecule has 0 fully saturated rings. The van der Waals surface area contributed by atoms with Crippen molar-refractivity contribution in [3.8, 4) is 0 Å². The topological polar surface area (TPSA) is 84.2 Å². The van der Waals surface area contributed by atoms with Crippen LogP contribution in [0, 0.1) is 0 Å². The molecule has 70 valence electrons. The number of amides is 2. The first-order valence-corrected chi connectivity index (χ1v) is 5.33. The van der Waals surface area contributed by atoms with E-state index in [9.17, 15) is 9.59 Å². The number of carbonyl (C=O) groups is 2. The molecular weight excluding hydrogens is 388 g/mol. The van der Waals surface area contributed by atoms with E-state index >= 15 is 0 Å². The largest absolute Gasteiger partial charge is 0.320 e. The minimum atomic E-state index is -0.601. The lowest BCUT2D eigenvalue weighted by molar-refractivity contribution is -0.121. The summed E-state index contributed by atoms with van der Waals surface area (Å²) in [4.78, 5) is 21.6. The Hall–Kier alpha value is 0.360. The summed E-state index contributed by atoms with van der Waals surface area (Å²) < 4.78 is 4.80. The van der Waals surface area contributed by atoms with Gasteiger partial charge in [-0.1, -0.05) is 0 Å². The van der Waals surface area contributed by atoms with E-state index < -0.39 is 6.04 Å². The molecular formula is C5H9I2N3O2. The van der Waals surface area contributed by atoms with E-state index in [1.54, 1.807) is 45.7 Å². The van der Waals surface area contributed by atoms with Crippen molar-refractivity contribution in [3.63, 3.8) is 0 Å². The van der Waals surface area contributed by atoms with Crippen molar-refractivity contribution in [2.24, 2.45) is 5.73 Å². The third-order valence-corrected chi connectivity index (χ3v) is 2.35. The fraction of sp³-hybridized carbons (Fsp3) is 0.600. The zero-order valence-corrected chi connectivity index (χ0v) is 10.5. The number of nitrogens with one attached hydrogen (secondary N) is 2. The summed E-state index contributed by atoms with van der Waals surface area (Å²) in [5, 5.41) is 0. The first-order chi connectivity index (χ1) is 5.61. The van der Waals surface area contributed by atoms with E-state index in [1.165, 1.54) is 0 Å². The molecule has 7 heteroatoms. The molecule has 0 bridgehead atoms. The lowest BCUT2D eigenvalue weighted by atomic mass is 10.1. The van der Waals surface area contributed by atoms with Gasteiger partial charge in [-0.3, -0.25) is 16.6 Å². The standard InChI is InChI=1S/C5H9I2N3O2/c6-9-4(11)2-1-3(8)5(12)10-7/h3H,1-2,8H2,(H,9,11)(H,10,12). The van der Waals surface area contributed by atoms with Crippen molar-refractivity contribution in [3.05, 3.63) is 0 Å². The number of halogens is 2. The first-order valence-electron chi connectivity index (χ1n) is 3.17. The molecule has 0 heterocycles. The van der Waals surface area contributed by atoms with Gasteiger partial charge in [0.25, 0.3) is 0 Å². The normalized spacial score (nSPS) is 11.9. The smallest absolute Gasteiger partial charge is 0.245 e. The maximum Gasteiger partial charge on any atom is 0.245 e. The molecule has 0 aromatic rings.